The molecule has 2 saturated heterocycles. The molecule has 3 atom stereocenters. The average Bonchev–Trinajstić information content (AvgIpc) is 2.28. The Morgan fingerprint density at radius 1 is 1.15 bits per heavy atom. The van der Waals surface area contributed by atoms with Crippen LogP contribution in [0.1, 0.15) is 25.7 Å². The molecular formula is C7H15ClN2O2S. The van der Waals surface area contributed by atoms with E-state index < -0.39 is 10.0 Å². The molecular weight excluding hydrogens is 212 g/mol. The largest absolute Gasteiger partial charge is 0.311 e. The van der Waals surface area contributed by atoms with Gasteiger partial charge in [-0.3, -0.25) is 0 Å². The number of hydrogen-bond acceptors (Lipinski definition) is 3. The van der Waals surface area contributed by atoms with Crippen LogP contribution in [0.25, 0.3) is 0 Å². The van der Waals surface area contributed by atoms with Crippen molar-refractivity contribution < 1.29 is 8.42 Å². The minimum absolute atomic E-state index is 0. The molecule has 0 aromatic rings. The maximum Gasteiger partial charge on any atom is 0.212 e. The number of nitrogens with one attached hydrogen (secondary N) is 1. The molecule has 1 unspecified atom stereocenters. The first-order valence-corrected chi connectivity index (χ1v) is 5.94. The zero-order valence-electron chi connectivity index (χ0n) is 7.27. The predicted octanol–water partition coefficient (Wildman–Crippen LogP) is -0.0203. The maximum absolute atomic E-state index is 11.1. The van der Waals surface area contributed by atoms with Crippen molar-refractivity contribution in [3.05, 3.63) is 0 Å². The monoisotopic (exact) mass is 226 g/mol. The summed E-state index contributed by atoms with van der Waals surface area (Å²) in [4.78, 5) is 0. The SMILES string of the molecule is Cl.NS(=O)(=O)C1C[C@H]2CC[C@@H](C1)N2. The van der Waals surface area contributed by atoms with Crippen molar-refractivity contribution in [3.8, 4) is 0 Å². The van der Waals surface area contributed by atoms with E-state index in [-0.39, 0.29) is 17.7 Å². The molecule has 4 nitrogen and oxygen atoms in total. The third-order valence-corrected chi connectivity index (χ3v) is 4.21. The van der Waals surface area contributed by atoms with Gasteiger partial charge < -0.3 is 5.32 Å². The highest BCUT2D eigenvalue weighted by atomic mass is 35.5. The molecule has 0 aliphatic carbocycles. The zero-order chi connectivity index (χ0) is 8.77. The molecule has 2 bridgehead atoms. The molecule has 2 fully saturated rings. The molecule has 0 spiro atoms. The highest BCUT2D eigenvalue weighted by molar-refractivity contribution is 7.89. The summed E-state index contributed by atoms with van der Waals surface area (Å²) in [6.45, 7) is 0. The van der Waals surface area contributed by atoms with Gasteiger partial charge in [0.25, 0.3) is 0 Å². The van der Waals surface area contributed by atoms with Crippen LogP contribution >= 0.6 is 12.4 Å². The number of rotatable bonds is 1. The van der Waals surface area contributed by atoms with Gasteiger partial charge in [-0.25, -0.2) is 13.6 Å². The van der Waals surface area contributed by atoms with Crippen LogP contribution < -0.4 is 10.5 Å². The standard InChI is InChI=1S/C7H14N2O2S.ClH/c8-12(10,11)7-3-5-1-2-6(4-7)9-5;/h5-7,9H,1-4H2,(H2,8,10,11);1H/t5-,6+,7?;. The van der Waals surface area contributed by atoms with Crippen molar-refractivity contribution in [1.29, 1.82) is 0 Å². The third-order valence-electron chi connectivity index (χ3n) is 2.89. The third kappa shape index (κ3) is 2.34. The van der Waals surface area contributed by atoms with E-state index in [2.05, 4.69) is 5.32 Å². The Hall–Kier alpha value is 0.160. The van der Waals surface area contributed by atoms with Gasteiger partial charge in [-0.05, 0) is 25.7 Å². The normalized spacial score (nSPS) is 38.4. The van der Waals surface area contributed by atoms with Crippen molar-refractivity contribution in [2.24, 2.45) is 5.14 Å². The van der Waals surface area contributed by atoms with Gasteiger partial charge in [0.15, 0.2) is 0 Å². The second-order valence-corrected chi connectivity index (χ2v) is 5.67. The first-order chi connectivity index (χ1) is 5.55. The van der Waals surface area contributed by atoms with Crippen LogP contribution in [-0.4, -0.2) is 25.8 Å². The molecule has 3 N–H and O–H groups in total. The fraction of sp³-hybridized carbons (Fsp3) is 1.00. The van der Waals surface area contributed by atoms with Crippen LogP contribution in [0.4, 0.5) is 0 Å². The summed E-state index contributed by atoms with van der Waals surface area (Å²) in [6.07, 6.45) is 3.62. The summed E-state index contributed by atoms with van der Waals surface area (Å²) in [5.74, 6) is 0. The van der Waals surface area contributed by atoms with E-state index >= 15 is 0 Å². The van der Waals surface area contributed by atoms with Crippen molar-refractivity contribution in [2.45, 2.75) is 43.0 Å². The Bertz CT molecular complexity index is 268. The predicted molar refractivity (Wildman–Crippen MR) is 53.3 cm³/mol. The summed E-state index contributed by atoms with van der Waals surface area (Å²) in [5, 5.41) is 8.18. The molecule has 0 aromatic carbocycles. The fourth-order valence-electron chi connectivity index (χ4n) is 2.27. The van der Waals surface area contributed by atoms with Gasteiger partial charge in [-0.15, -0.1) is 12.4 Å². The van der Waals surface area contributed by atoms with E-state index in [4.69, 9.17) is 5.14 Å². The van der Waals surface area contributed by atoms with E-state index in [0.717, 1.165) is 12.8 Å². The first kappa shape index (κ1) is 11.2. The maximum atomic E-state index is 11.1. The zero-order valence-corrected chi connectivity index (χ0v) is 8.90. The Morgan fingerprint density at radius 2 is 1.62 bits per heavy atom. The topological polar surface area (TPSA) is 72.2 Å². The van der Waals surface area contributed by atoms with Gasteiger partial charge in [0.2, 0.25) is 10.0 Å². The minimum Gasteiger partial charge on any atom is -0.311 e. The summed E-state index contributed by atoms with van der Waals surface area (Å²) < 4.78 is 22.1. The lowest BCUT2D eigenvalue weighted by atomic mass is 10.1. The molecule has 6 heteroatoms. The van der Waals surface area contributed by atoms with E-state index in [1.165, 1.54) is 0 Å². The van der Waals surface area contributed by atoms with Crippen LogP contribution in [0.2, 0.25) is 0 Å². The van der Waals surface area contributed by atoms with Gasteiger partial charge >= 0.3 is 0 Å². The average molecular weight is 227 g/mol. The molecule has 2 rings (SSSR count). The van der Waals surface area contributed by atoms with E-state index in [1.54, 1.807) is 0 Å². The van der Waals surface area contributed by atoms with Crippen LogP contribution in [0.5, 0.6) is 0 Å². The Balaban J connectivity index is 0.000000845. The van der Waals surface area contributed by atoms with Crippen LogP contribution in [-0.2, 0) is 10.0 Å². The van der Waals surface area contributed by atoms with Crippen molar-refractivity contribution in [1.82, 2.24) is 5.32 Å². The summed E-state index contributed by atoms with van der Waals surface area (Å²) in [7, 11) is -3.29. The van der Waals surface area contributed by atoms with Gasteiger partial charge in [0.05, 0.1) is 5.25 Å². The molecule has 78 valence electrons. The second-order valence-electron chi connectivity index (χ2n) is 3.82. The van der Waals surface area contributed by atoms with E-state index in [0.29, 0.717) is 24.9 Å². The van der Waals surface area contributed by atoms with Crippen molar-refractivity contribution in [2.75, 3.05) is 0 Å². The number of halogens is 1. The van der Waals surface area contributed by atoms with Crippen LogP contribution in [0, 0.1) is 0 Å². The Labute approximate surface area is 84.7 Å². The number of nitrogens with two attached hydrogens (primary N) is 1. The molecule has 2 heterocycles. The molecule has 2 aliphatic heterocycles. The Kier molecular flexibility index (Phi) is 3.22. The number of fused-ring (bicyclic) bond motifs is 2. The number of piperidine rings is 1. The van der Waals surface area contributed by atoms with E-state index in [1.807, 2.05) is 0 Å². The lowest BCUT2D eigenvalue weighted by Gasteiger charge is -2.27. The molecule has 0 saturated carbocycles. The summed E-state index contributed by atoms with van der Waals surface area (Å²) in [6, 6.07) is 0.791. The van der Waals surface area contributed by atoms with Crippen molar-refractivity contribution in [3.63, 3.8) is 0 Å². The lowest BCUT2D eigenvalue weighted by molar-refractivity contribution is 0.401. The number of primary sulfonamides is 1. The van der Waals surface area contributed by atoms with Crippen molar-refractivity contribution >= 4 is 22.4 Å². The molecule has 0 aromatic heterocycles. The highest BCUT2D eigenvalue weighted by Gasteiger charge is 2.37. The second kappa shape index (κ2) is 3.73. The minimum atomic E-state index is -3.29. The van der Waals surface area contributed by atoms with Crippen LogP contribution in [0.15, 0.2) is 0 Å². The molecule has 0 radical (unpaired) electrons. The summed E-state index contributed by atoms with van der Waals surface area (Å²) in [5.41, 5.74) is 0. The Morgan fingerprint density at radius 3 is 2.00 bits per heavy atom. The first-order valence-electron chi connectivity index (χ1n) is 4.33. The van der Waals surface area contributed by atoms with Gasteiger partial charge in [0.1, 0.15) is 0 Å². The van der Waals surface area contributed by atoms with Gasteiger partial charge in [-0.1, -0.05) is 0 Å². The van der Waals surface area contributed by atoms with Crippen LogP contribution in [0.3, 0.4) is 0 Å². The van der Waals surface area contributed by atoms with E-state index in [9.17, 15) is 8.42 Å². The molecule has 2 aliphatic rings. The van der Waals surface area contributed by atoms with Gasteiger partial charge in [-0.2, -0.15) is 0 Å². The molecule has 0 amide bonds. The molecule has 13 heavy (non-hydrogen) atoms. The fourth-order valence-corrected chi connectivity index (χ4v) is 3.27. The lowest BCUT2D eigenvalue weighted by Crippen LogP contribution is -2.45. The highest BCUT2D eigenvalue weighted by Crippen LogP contribution is 2.29. The number of sulfonamides is 1. The quantitative estimate of drug-likeness (QED) is 0.660. The smallest absolute Gasteiger partial charge is 0.212 e. The summed E-state index contributed by atoms with van der Waals surface area (Å²) >= 11 is 0. The number of hydrogen-bond donors (Lipinski definition) is 2. The van der Waals surface area contributed by atoms with Gasteiger partial charge in [0, 0.05) is 12.1 Å².